The highest BCUT2D eigenvalue weighted by Gasteiger charge is 2.28. The molecule has 27 heavy (non-hydrogen) atoms. The van der Waals surface area contributed by atoms with Gasteiger partial charge in [0.1, 0.15) is 6.04 Å². The third-order valence-corrected chi connectivity index (χ3v) is 3.76. The fourth-order valence-corrected chi connectivity index (χ4v) is 2.60. The number of carboxylic acids is 4. The molecule has 0 radical (unpaired) electrons. The number of carbonyl (C=O) groups is 4. The first-order valence-corrected chi connectivity index (χ1v) is 8.07. The number of hydrogen-bond donors (Lipinski definition) is 4. The molecule has 1 aromatic rings. The summed E-state index contributed by atoms with van der Waals surface area (Å²) >= 11 is 0. The molecule has 0 aliphatic carbocycles. The molecule has 10 heteroatoms. The molecule has 0 saturated carbocycles. The van der Waals surface area contributed by atoms with Crippen molar-refractivity contribution in [2.24, 2.45) is 0 Å². The SMILES string of the molecule is O=C(O)CN(CCN(CC(=O)O)C(Cc1ccccc1)C(=O)O)CC(=O)O. The van der Waals surface area contributed by atoms with Gasteiger partial charge < -0.3 is 20.4 Å². The maximum atomic E-state index is 11.7. The molecular weight excluding hydrogens is 360 g/mol. The van der Waals surface area contributed by atoms with Crippen molar-refractivity contribution in [2.45, 2.75) is 12.5 Å². The van der Waals surface area contributed by atoms with E-state index in [1.165, 1.54) is 4.90 Å². The van der Waals surface area contributed by atoms with E-state index in [2.05, 4.69) is 0 Å². The van der Waals surface area contributed by atoms with E-state index in [1.54, 1.807) is 30.3 Å². The molecule has 0 fully saturated rings. The van der Waals surface area contributed by atoms with Gasteiger partial charge in [0.2, 0.25) is 0 Å². The number of hydrogen-bond acceptors (Lipinski definition) is 6. The maximum Gasteiger partial charge on any atom is 0.321 e. The summed E-state index contributed by atoms with van der Waals surface area (Å²) in [7, 11) is 0. The summed E-state index contributed by atoms with van der Waals surface area (Å²) in [4.78, 5) is 46.9. The van der Waals surface area contributed by atoms with Gasteiger partial charge in [-0.05, 0) is 12.0 Å². The van der Waals surface area contributed by atoms with Crippen LogP contribution in [-0.4, -0.2) is 92.9 Å². The van der Waals surface area contributed by atoms with Crippen molar-refractivity contribution >= 4 is 23.9 Å². The summed E-state index contributed by atoms with van der Waals surface area (Å²) in [5.74, 6) is -4.93. The fourth-order valence-electron chi connectivity index (χ4n) is 2.60. The van der Waals surface area contributed by atoms with Crippen LogP contribution in [0.4, 0.5) is 0 Å². The number of rotatable bonds is 13. The van der Waals surface area contributed by atoms with E-state index in [0.717, 1.165) is 4.90 Å². The molecule has 0 saturated heterocycles. The van der Waals surface area contributed by atoms with Crippen LogP contribution in [0, 0.1) is 0 Å². The summed E-state index contributed by atoms with van der Waals surface area (Å²) in [6.07, 6.45) is 0.0569. The molecule has 10 nitrogen and oxygen atoms in total. The summed E-state index contributed by atoms with van der Waals surface area (Å²) in [5, 5.41) is 36.4. The van der Waals surface area contributed by atoms with Crippen LogP contribution in [-0.2, 0) is 25.6 Å². The minimum Gasteiger partial charge on any atom is -0.480 e. The number of nitrogens with zero attached hydrogens (tertiary/aromatic N) is 2. The Balaban J connectivity index is 2.92. The predicted octanol–water partition coefficient (Wildman–Crippen LogP) is -0.460. The average molecular weight is 382 g/mol. The van der Waals surface area contributed by atoms with Crippen molar-refractivity contribution in [2.75, 3.05) is 32.7 Å². The van der Waals surface area contributed by atoms with Gasteiger partial charge in [-0.3, -0.25) is 29.0 Å². The standard InChI is InChI=1S/C17H22N2O8/c20-14(21)9-18(10-15(22)23)6-7-19(11-16(24)25)13(17(26)27)8-12-4-2-1-3-5-12/h1-5,13H,6-11H2,(H,20,21)(H,22,23)(H,24,25)(H,26,27). The summed E-state index contributed by atoms with van der Waals surface area (Å²) in [6.45, 7) is -1.90. The lowest BCUT2D eigenvalue weighted by atomic mass is 10.0. The van der Waals surface area contributed by atoms with E-state index in [1.807, 2.05) is 0 Å². The second-order valence-electron chi connectivity index (χ2n) is 5.91. The number of benzene rings is 1. The molecule has 148 valence electrons. The Morgan fingerprint density at radius 1 is 0.778 bits per heavy atom. The summed E-state index contributed by atoms with van der Waals surface area (Å²) in [6, 6.07) is 7.52. The molecule has 1 rings (SSSR count). The second-order valence-corrected chi connectivity index (χ2v) is 5.91. The predicted molar refractivity (Wildman–Crippen MR) is 92.5 cm³/mol. The Morgan fingerprint density at radius 2 is 1.30 bits per heavy atom. The Morgan fingerprint density at radius 3 is 1.74 bits per heavy atom. The Labute approximate surface area is 155 Å². The van der Waals surface area contributed by atoms with Crippen LogP contribution in [0.15, 0.2) is 30.3 Å². The van der Waals surface area contributed by atoms with Gasteiger partial charge in [-0.1, -0.05) is 30.3 Å². The molecule has 0 aliphatic heterocycles. The van der Waals surface area contributed by atoms with Crippen molar-refractivity contribution < 1.29 is 39.6 Å². The number of carboxylic acid groups (broad SMARTS) is 4. The first-order valence-electron chi connectivity index (χ1n) is 8.07. The minimum absolute atomic E-state index is 0.0569. The zero-order valence-electron chi connectivity index (χ0n) is 14.5. The van der Waals surface area contributed by atoms with Crippen LogP contribution in [0.25, 0.3) is 0 Å². The van der Waals surface area contributed by atoms with E-state index < -0.39 is 49.6 Å². The lowest BCUT2D eigenvalue weighted by Crippen LogP contribution is -2.49. The van der Waals surface area contributed by atoms with E-state index in [-0.39, 0.29) is 19.5 Å². The van der Waals surface area contributed by atoms with Crippen LogP contribution < -0.4 is 0 Å². The number of aliphatic carboxylic acids is 4. The summed E-state index contributed by atoms with van der Waals surface area (Å²) in [5.41, 5.74) is 0.702. The van der Waals surface area contributed by atoms with Gasteiger partial charge in [-0.15, -0.1) is 0 Å². The van der Waals surface area contributed by atoms with Gasteiger partial charge in [0.05, 0.1) is 19.6 Å². The maximum absolute atomic E-state index is 11.7. The quantitative estimate of drug-likeness (QED) is 0.352. The van der Waals surface area contributed by atoms with Crippen LogP contribution in [0.1, 0.15) is 5.56 Å². The second kappa shape index (κ2) is 10.9. The lowest BCUT2D eigenvalue weighted by Gasteiger charge is -2.29. The van der Waals surface area contributed by atoms with Gasteiger partial charge in [-0.2, -0.15) is 0 Å². The highest BCUT2D eigenvalue weighted by molar-refractivity contribution is 5.76. The fraction of sp³-hybridized carbons (Fsp3) is 0.412. The molecule has 1 aromatic carbocycles. The molecule has 1 atom stereocenters. The van der Waals surface area contributed by atoms with Gasteiger partial charge in [0.25, 0.3) is 0 Å². The molecule has 0 aromatic heterocycles. The van der Waals surface area contributed by atoms with E-state index in [9.17, 15) is 24.3 Å². The first-order chi connectivity index (χ1) is 12.7. The minimum atomic E-state index is -1.24. The lowest BCUT2D eigenvalue weighted by molar-refractivity contribution is -0.148. The topological polar surface area (TPSA) is 156 Å². The Hall–Kier alpha value is -2.98. The monoisotopic (exact) mass is 382 g/mol. The third-order valence-electron chi connectivity index (χ3n) is 3.76. The van der Waals surface area contributed by atoms with Crippen molar-refractivity contribution in [3.63, 3.8) is 0 Å². The van der Waals surface area contributed by atoms with Crippen molar-refractivity contribution in [1.82, 2.24) is 9.80 Å². The average Bonchev–Trinajstić information content (AvgIpc) is 2.55. The van der Waals surface area contributed by atoms with E-state index in [0.29, 0.717) is 5.56 Å². The first kappa shape index (κ1) is 22.1. The highest BCUT2D eigenvalue weighted by atomic mass is 16.4. The van der Waals surface area contributed by atoms with Crippen molar-refractivity contribution in [3.05, 3.63) is 35.9 Å². The van der Waals surface area contributed by atoms with Gasteiger partial charge >= 0.3 is 23.9 Å². The third kappa shape index (κ3) is 8.79. The van der Waals surface area contributed by atoms with Crippen LogP contribution in [0.2, 0.25) is 0 Å². The van der Waals surface area contributed by atoms with Crippen molar-refractivity contribution in [1.29, 1.82) is 0 Å². The van der Waals surface area contributed by atoms with E-state index in [4.69, 9.17) is 15.3 Å². The smallest absolute Gasteiger partial charge is 0.321 e. The van der Waals surface area contributed by atoms with Crippen LogP contribution in [0.5, 0.6) is 0 Å². The van der Waals surface area contributed by atoms with Gasteiger partial charge in [-0.25, -0.2) is 0 Å². The molecule has 0 heterocycles. The largest absolute Gasteiger partial charge is 0.480 e. The zero-order chi connectivity index (χ0) is 20.4. The van der Waals surface area contributed by atoms with Crippen molar-refractivity contribution in [3.8, 4) is 0 Å². The molecule has 0 amide bonds. The molecule has 1 unspecified atom stereocenters. The van der Waals surface area contributed by atoms with Gasteiger partial charge in [0.15, 0.2) is 0 Å². The molecule has 0 spiro atoms. The van der Waals surface area contributed by atoms with E-state index >= 15 is 0 Å². The Bertz CT molecular complexity index is 648. The van der Waals surface area contributed by atoms with Gasteiger partial charge in [0, 0.05) is 13.1 Å². The van der Waals surface area contributed by atoms with Crippen LogP contribution in [0.3, 0.4) is 0 Å². The molecule has 4 N–H and O–H groups in total. The molecular formula is C17H22N2O8. The molecule has 0 aliphatic rings. The molecule has 0 bridgehead atoms. The summed E-state index contributed by atoms with van der Waals surface area (Å²) < 4.78 is 0. The Kier molecular flexibility index (Phi) is 8.90. The zero-order valence-corrected chi connectivity index (χ0v) is 14.5. The normalized spacial score (nSPS) is 12.1. The van der Waals surface area contributed by atoms with Crippen LogP contribution >= 0.6 is 0 Å². The highest BCUT2D eigenvalue weighted by Crippen LogP contribution is 2.10.